The van der Waals surface area contributed by atoms with Crippen molar-refractivity contribution in [3.8, 4) is 0 Å². The van der Waals surface area contributed by atoms with Gasteiger partial charge in [-0.2, -0.15) is 0 Å². The molecule has 0 unspecified atom stereocenters. The van der Waals surface area contributed by atoms with E-state index >= 15 is 0 Å². The lowest BCUT2D eigenvalue weighted by Gasteiger charge is -2.12. The lowest BCUT2D eigenvalue weighted by molar-refractivity contribution is 0.0956. The number of Topliss-reactive ketones (excluding diaryl/α,β-unsaturated/α-hetero) is 1. The third-order valence-corrected chi connectivity index (χ3v) is 3.96. The molecule has 0 aliphatic heterocycles. The minimum Gasteiger partial charge on any atom is -0.364 e. The number of benzene rings is 1. The molecule has 1 aromatic carbocycles. The molecular weight excluding hydrogens is 278 g/mol. The van der Waals surface area contributed by atoms with E-state index < -0.39 is 0 Å². The molecule has 0 atom stereocenters. The van der Waals surface area contributed by atoms with Crippen LogP contribution in [0.2, 0.25) is 0 Å². The zero-order chi connectivity index (χ0) is 15.5. The highest BCUT2D eigenvalue weighted by molar-refractivity contribution is 6.13. The molecule has 2 aromatic rings. The molecule has 5 heteroatoms. The Morgan fingerprint density at radius 3 is 2.73 bits per heavy atom. The molecule has 3 rings (SSSR count). The Labute approximate surface area is 128 Å². The molecule has 0 bridgehead atoms. The molecule has 0 fully saturated rings. The summed E-state index contributed by atoms with van der Waals surface area (Å²) in [7, 11) is 0. The summed E-state index contributed by atoms with van der Waals surface area (Å²) in [5.41, 5.74) is 9.23. The molecule has 1 amide bonds. The van der Waals surface area contributed by atoms with E-state index in [1.807, 2.05) is 24.3 Å². The van der Waals surface area contributed by atoms with Gasteiger partial charge in [0.2, 0.25) is 0 Å². The predicted molar refractivity (Wildman–Crippen MR) is 85.2 cm³/mol. The number of carbonyl (C=O) groups excluding carboxylic acids is 2. The van der Waals surface area contributed by atoms with Gasteiger partial charge in [0.05, 0.1) is 11.1 Å². The van der Waals surface area contributed by atoms with Gasteiger partial charge in [0.1, 0.15) is 0 Å². The molecule has 4 N–H and O–H groups in total. The molecule has 1 aliphatic carbocycles. The zero-order valence-corrected chi connectivity index (χ0v) is 12.3. The van der Waals surface area contributed by atoms with Crippen LogP contribution in [-0.2, 0) is 12.8 Å². The van der Waals surface area contributed by atoms with Crippen LogP contribution in [0.15, 0.2) is 30.5 Å². The van der Waals surface area contributed by atoms with Crippen LogP contribution in [-0.4, -0.2) is 23.2 Å². The van der Waals surface area contributed by atoms with Crippen LogP contribution in [0.25, 0.3) is 0 Å². The van der Waals surface area contributed by atoms with Crippen LogP contribution >= 0.6 is 0 Å². The van der Waals surface area contributed by atoms with Crippen LogP contribution in [0.3, 0.4) is 0 Å². The number of rotatable bonds is 4. The summed E-state index contributed by atoms with van der Waals surface area (Å²) < 4.78 is 0. The van der Waals surface area contributed by atoms with Crippen LogP contribution in [0, 0.1) is 0 Å². The average Bonchev–Trinajstić information content (AvgIpc) is 2.95. The molecule has 1 heterocycles. The predicted octanol–water partition coefficient (Wildman–Crippen LogP) is 2.29. The Balaban J connectivity index is 1.77. The first kappa shape index (κ1) is 14.5. The SMILES string of the molecule is NCCc1ccc(NC(=O)c2c[nH]c3c2C(=O)CCC3)cc1. The Kier molecular flexibility index (Phi) is 4.06. The Hall–Kier alpha value is -2.40. The largest absolute Gasteiger partial charge is 0.364 e. The van der Waals surface area contributed by atoms with Gasteiger partial charge in [0.15, 0.2) is 5.78 Å². The number of nitrogens with one attached hydrogen (secondary N) is 2. The quantitative estimate of drug-likeness (QED) is 0.809. The highest BCUT2D eigenvalue weighted by Gasteiger charge is 2.25. The second-order valence-electron chi connectivity index (χ2n) is 5.52. The third-order valence-electron chi connectivity index (χ3n) is 3.96. The number of aryl methyl sites for hydroxylation is 1. The van der Waals surface area contributed by atoms with E-state index in [0.717, 1.165) is 30.5 Å². The van der Waals surface area contributed by atoms with Gasteiger partial charge in [0, 0.05) is 24.0 Å². The van der Waals surface area contributed by atoms with E-state index in [0.29, 0.717) is 29.8 Å². The van der Waals surface area contributed by atoms with Crippen molar-refractivity contribution in [1.82, 2.24) is 4.98 Å². The van der Waals surface area contributed by atoms with Crippen molar-refractivity contribution in [3.63, 3.8) is 0 Å². The first-order valence-electron chi connectivity index (χ1n) is 7.53. The second kappa shape index (κ2) is 6.15. The van der Waals surface area contributed by atoms with Crippen LogP contribution in [0.1, 0.15) is 44.8 Å². The summed E-state index contributed by atoms with van der Waals surface area (Å²) in [5.74, 6) is -0.203. The summed E-state index contributed by atoms with van der Waals surface area (Å²) in [5, 5.41) is 2.84. The number of fused-ring (bicyclic) bond motifs is 1. The summed E-state index contributed by atoms with van der Waals surface area (Å²) in [6.45, 7) is 0.601. The number of hydrogen-bond acceptors (Lipinski definition) is 3. The number of amides is 1. The number of nitrogens with two attached hydrogens (primary N) is 1. The van der Waals surface area contributed by atoms with Crippen molar-refractivity contribution in [1.29, 1.82) is 0 Å². The van der Waals surface area contributed by atoms with Crippen molar-refractivity contribution < 1.29 is 9.59 Å². The van der Waals surface area contributed by atoms with Gasteiger partial charge in [-0.3, -0.25) is 9.59 Å². The zero-order valence-electron chi connectivity index (χ0n) is 12.3. The fraction of sp³-hybridized carbons (Fsp3) is 0.294. The molecule has 5 nitrogen and oxygen atoms in total. The lowest BCUT2D eigenvalue weighted by Crippen LogP contribution is -2.17. The fourth-order valence-corrected chi connectivity index (χ4v) is 2.83. The van der Waals surface area contributed by atoms with Gasteiger partial charge in [-0.05, 0) is 43.5 Å². The van der Waals surface area contributed by atoms with Crippen molar-refractivity contribution in [2.45, 2.75) is 25.7 Å². The number of ketones is 1. The number of aromatic nitrogens is 1. The van der Waals surface area contributed by atoms with Gasteiger partial charge >= 0.3 is 0 Å². The third kappa shape index (κ3) is 2.80. The molecular formula is C17H19N3O2. The van der Waals surface area contributed by atoms with E-state index in [1.54, 1.807) is 6.20 Å². The standard InChI is InChI=1S/C17H19N3O2/c18-9-8-11-4-6-12(7-5-11)20-17(22)13-10-19-14-2-1-3-15(21)16(13)14/h4-7,10,19H,1-3,8-9,18H2,(H,20,22). The van der Waals surface area contributed by atoms with Gasteiger partial charge < -0.3 is 16.0 Å². The molecule has 22 heavy (non-hydrogen) atoms. The highest BCUT2D eigenvalue weighted by Crippen LogP contribution is 2.24. The van der Waals surface area contributed by atoms with Crippen LogP contribution < -0.4 is 11.1 Å². The first-order valence-corrected chi connectivity index (χ1v) is 7.53. The molecule has 0 saturated heterocycles. The minimum absolute atomic E-state index is 0.0472. The summed E-state index contributed by atoms with van der Waals surface area (Å²) >= 11 is 0. The molecule has 0 saturated carbocycles. The summed E-state index contributed by atoms with van der Waals surface area (Å²) in [6.07, 6.45) is 4.62. The van der Waals surface area contributed by atoms with Crippen molar-refractivity contribution in [2.75, 3.05) is 11.9 Å². The molecule has 1 aromatic heterocycles. The van der Waals surface area contributed by atoms with Gasteiger partial charge in [0.25, 0.3) is 5.91 Å². The Bertz CT molecular complexity index is 701. The molecule has 0 radical (unpaired) electrons. The van der Waals surface area contributed by atoms with Crippen molar-refractivity contribution in [3.05, 3.63) is 52.8 Å². The molecule has 114 valence electrons. The number of H-pyrrole nitrogens is 1. The highest BCUT2D eigenvalue weighted by atomic mass is 16.2. The van der Waals surface area contributed by atoms with Crippen molar-refractivity contribution >= 4 is 17.4 Å². The number of carbonyl (C=O) groups is 2. The van der Waals surface area contributed by atoms with E-state index in [4.69, 9.17) is 5.73 Å². The Morgan fingerprint density at radius 2 is 2.00 bits per heavy atom. The fourth-order valence-electron chi connectivity index (χ4n) is 2.83. The lowest BCUT2D eigenvalue weighted by atomic mass is 9.93. The molecule has 1 aliphatic rings. The first-order chi connectivity index (χ1) is 10.7. The second-order valence-corrected chi connectivity index (χ2v) is 5.52. The molecule has 0 spiro atoms. The topological polar surface area (TPSA) is 88.0 Å². The normalized spacial score (nSPS) is 13.8. The van der Waals surface area contributed by atoms with Crippen molar-refractivity contribution in [2.24, 2.45) is 5.73 Å². The van der Waals surface area contributed by atoms with E-state index in [-0.39, 0.29) is 11.7 Å². The van der Waals surface area contributed by atoms with E-state index in [2.05, 4.69) is 10.3 Å². The van der Waals surface area contributed by atoms with E-state index in [1.165, 1.54) is 0 Å². The Morgan fingerprint density at radius 1 is 1.23 bits per heavy atom. The maximum absolute atomic E-state index is 12.4. The van der Waals surface area contributed by atoms with Gasteiger partial charge in [-0.1, -0.05) is 12.1 Å². The number of anilines is 1. The van der Waals surface area contributed by atoms with Crippen LogP contribution in [0.4, 0.5) is 5.69 Å². The monoisotopic (exact) mass is 297 g/mol. The van der Waals surface area contributed by atoms with Gasteiger partial charge in [-0.15, -0.1) is 0 Å². The summed E-state index contributed by atoms with van der Waals surface area (Å²) in [4.78, 5) is 27.5. The van der Waals surface area contributed by atoms with E-state index in [9.17, 15) is 9.59 Å². The summed E-state index contributed by atoms with van der Waals surface area (Å²) in [6, 6.07) is 7.59. The minimum atomic E-state index is -0.251. The van der Waals surface area contributed by atoms with Gasteiger partial charge in [-0.25, -0.2) is 0 Å². The van der Waals surface area contributed by atoms with Crippen LogP contribution in [0.5, 0.6) is 0 Å². The maximum atomic E-state index is 12.4. The number of hydrogen-bond donors (Lipinski definition) is 3. The number of aromatic amines is 1. The smallest absolute Gasteiger partial charge is 0.257 e. The maximum Gasteiger partial charge on any atom is 0.257 e. The average molecular weight is 297 g/mol.